The van der Waals surface area contributed by atoms with Crippen molar-refractivity contribution >= 4 is 45.0 Å². The van der Waals surface area contributed by atoms with Crippen LogP contribution in [-0.2, 0) is 14.8 Å². The third kappa shape index (κ3) is 2.99. The second-order valence-electron chi connectivity index (χ2n) is 4.31. The Labute approximate surface area is 138 Å². The van der Waals surface area contributed by atoms with Crippen molar-refractivity contribution in [3.05, 3.63) is 46.2 Å². The smallest absolute Gasteiger partial charge is 0.350 e. The van der Waals surface area contributed by atoms with Gasteiger partial charge in [0.25, 0.3) is 10.0 Å². The first kappa shape index (κ1) is 16.9. The van der Waals surface area contributed by atoms with Gasteiger partial charge in [-0.25, -0.2) is 16.9 Å². The van der Waals surface area contributed by atoms with E-state index >= 15 is 0 Å². The molecule has 0 saturated carbocycles. The van der Waals surface area contributed by atoms with Crippen molar-refractivity contribution < 1.29 is 17.9 Å². The van der Waals surface area contributed by atoms with Crippen LogP contribution in [0.3, 0.4) is 0 Å². The van der Waals surface area contributed by atoms with Crippen LogP contribution in [0, 0.1) is 6.92 Å². The molecule has 8 heteroatoms. The number of hydrogen-bond donors (Lipinski definition) is 0. The highest BCUT2D eigenvalue weighted by molar-refractivity contribution is 8.14. The normalized spacial score (nSPS) is 11.2. The quantitative estimate of drug-likeness (QED) is 0.607. The average Bonchev–Trinajstić information content (AvgIpc) is 2.96. The van der Waals surface area contributed by atoms with Gasteiger partial charge in [-0.05, 0) is 41.9 Å². The Kier molecular flexibility index (Phi) is 5.15. The fourth-order valence-electron chi connectivity index (χ4n) is 1.95. The van der Waals surface area contributed by atoms with Crippen LogP contribution in [0.4, 0.5) is 5.69 Å². The summed E-state index contributed by atoms with van der Waals surface area (Å²) in [5.41, 5.74) is 0.962. The number of sulfonamides is 1. The number of rotatable bonds is 5. The van der Waals surface area contributed by atoms with Gasteiger partial charge in [-0.1, -0.05) is 18.2 Å². The lowest BCUT2D eigenvalue weighted by molar-refractivity contribution is 0.0607. The van der Waals surface area contributed by atoms with E-state index < -0.39 is 16.0 Å². The molecule has 0 aliphatic heterocycles. The zero-order valence-corrected chi connectivity index (χ0v) is 14.7. The van der Waals surface area contributed by atoms with E-state index in [0.29, 0.717) is 11.3 Å². The van der Waals surface area contributed by atoms with Crippen molar-refractivity contribution in [1.29, 1.82) is 0 Å². The molecule has 5 nitrogen and oxygen atoms in total. The van der Waals surface area contributed by atoms with Gasteiger partial charge in [0.15, 0.2) is 0 Å². The highest BCUT2D eigenvalue weighted by Gasteiger charge is 2.30. The fraction of sp³-hybridized carbons (Fsp3) is 0.214. The standard InChI is InChI=1S/C14H15NO4S3/c1-10-6-4-5-7-12(10)22(17,18)15(20-3)11-8-9-21-13(11)14(16)19-2/h4-9H,1-3H3. The van der Waals surface area contributed by atoms with Gasteiger partial charge >= 0.3 is 5.97 Å². The van der Waals surface area contributed by atoms with Gasteiger partial charge in [0.2, 0.25) is 0 Å². The number of carbonyl (C=O) groups excluding carboxylic acids is 1. The SMILES string of the molecule is COC(=O)c1sccc1N(SC)S(=O)(=O)c1ccccc1C. The van der Waals surface area contributed by atoms with Crippen molar-refractivity contribution in [3.63, 3.8) is 0 Å². The van der Waals surface area contributed by atoms with Gasteiger partial charge in [-0.15, -0.1) is 11.3 Å². The van der Waals surface area contributed by atoms with E-state index in [1.165, 1.54) is 7.11 Å². The minimum atomic E-state index is -3.77. The zero-order valence-electron chi connectivity index (χ0n) is 12.3. The van der Waals surface area contributed by atoms with Crippen LogP contribution in [0.5, 0.6) is 0 Å². The molecule has 118 valence electrons. The Balaban J connectivity index is 2.56. The van der Waals surface area contributed by atoms with Crippen molar-refractivity contribution in [3.8, 4) is 0 Å². The van der Waals surface area contributed by atoms with Crippen molar-refractivity contribution in [1.82, 2.24) is 0 Å². The molecule has 0 atom stereocenters. The number of aryl methyl sites for hydroxylation is 1. The van der Waals surface area contributed by atoms with E-state index in [1.54, 1.807) is 48.9 Å². The van der Waals surface area contributed by atoms with E-state index in [0.717, 1.165) is 27.0 Å². The number of carbonyl (C=O) groups is 1. The summed E-state index contributed by atoms with van der Waals surface area (Å²) in [7, 11) is -2.50. The highest BCUT2D eigenvalue weighted by atomic mass is 32.3. The van der Waals surface area contributed by atoms with Crippen LogP contribution >= 0.6 is 23.3 Å². The maximum atomic E-state index is 12.9. The van der Waals surface area contributed by atoms with Crippen LogP contribution in [0.15, 0.2) is 40.6 Å². The van der Waals surface area contributed by atoms with Gasteiger partial charge in [-0.3, -0.25) is 0 Å². The first-order valence-corrected chi connectivity index (χ1v) is 9.74. The summed E-state index contributed by atoms with van der Waals surface area (Å²) in [6, 6.07) is 8.34. The molecule has 0 bridgehead atoms. The minimum Gasteiger partial charge on any atom is -0.465 e. The summed E-state index contributed by atoms with van der Waals surface area (Å²) in [5, 5.41) is 1.66. The molecular formula is C14H15NO4S3. The predicted molar refractivity (Wildman–Crippen MR) is 90.0 cm³/mol. The number of nitrogens with zero attached hydrogens (tertiary/aromatic N) is 1. The van der Waals surface area contributed by atoms with Gasteiger partial charge in [-0.2, -0.15) is 0 Å². The molecule has 0 aliphatic rings. The Morgan fingerprint density at radius 3 is 2.55 bits per heavy atom. The third-order valence-electron chi connectivity index (χ3n) is 2.97. The monoisotopic (exact) mass is 357 g/mol. The van der Waals surface area contributed by atoms with Gasteiger partial charge in [0, 0.05) is 6.26 Å². The molecular weight excluding hydrogens is 342 g/mol. The number of anilines is 1. The number of methoxy groups -OCH3 is 1. The number of hydrogen-bond acceptors (Lipinski definition) is 6. The van der Waals surface area contributed by atoms with E-state index in [4.69, 9.17) is 4.74 Å². The summed E-state index contributed by atoms with van der Waals surface area (Å²) in [5.74, 6) is -0.552. The van der Waals surface area contributed by atoms with Crippen molar-refractivity contribution in [2.24, 2.45) is 0 Å². The minimum absolute atomic E-state index is 0.214. The molecule has 0 N–H and O–H groups in total. The van der Waals surface area contributed by atoms with E-state index in [-0.39, 0.29) is 9.77 Å². The molecule has 0 unspecified atom stereocenters. The van der Waals surface area contributed by atoms with Crippen LogP contribution in [0.25, 0.3) is 0 Å². The first-order valence-electron chi connectivity index (χ1n) is 6.24. The summed E-state index contributed by atoms with van der Waals surface area (Å²) >= 11 is 2.17. The third-order valence-corrected chi connectivity index (χ3v) is 7.06. The molecule has 0 amide bonds. The molecule has 0 fully saturated rings. The van der Waals surface area contributed by atoms with E-state index in [9.17, 15) is 13.2 Å². The highest BCUT2D eigenvalue weighted by Crippen LogP contribution is 2.36. The van der Waals surface area contributed by atoms with Crippen LogP contribution in [-0.4, -0.2) is 27.8 Å². The number of ether oxygens (including phenoxy) is 1. The molecule has 0 aliphatic carbocycles. The fourth-order valence-corrected chi connectivity index (χ4v) is 5.55. The molecule has 0 spiro atoms. The van der Waals surface area contributed by atoms with E-state index in [1.807, 2.05) is 0 Å². The summed E-state index contributed by atoms with van der Waals surface area (Å²) in [6.07, 6.45) is 1.65. The molecule has 1 aromatic heterocycles. The maximum absolute atomic E-state index is 12.9. The lowest BCUT2D eigenvalue weighted by atomic mass is 10.2. The van der Waals surface area contributed by atoms with Gasteiger partial charge in [0.1, 0.15) is 4.88 Å². The Bertz CT molecular complexity index is 783. The number of benzene rings is 1. The first-order chi connectivity index (χ1) is 10.4. The maximum Gasteiger partial charge on any atom is 0.350 e. The zero-order chi connectivity index (χ0) is 16.3. The summed E-state index contributed by atoms with van der Waals surface area (Å²) < 4.78 is 31.7. The molecule has 0 saturated heterocycles. The molecule has 2 aromatic rings. The second-order valence-corrected chi connectivity index (χ2v) is 7.94. The Morgan fingerprint density at radius 1 is 1.27 bits per heavy atom. The Morgan fingerprint density at radius 2 is 1.95 bits per heavy atom. The van der Waals surface area contributed by atoms with Crippen molar-refractivity contribution in [2.75, 3.05) is 17.1 Å². The largest absolute Gasteiger partial charge is 0.465 e. The second kappa shape index (κ2) is 6.72. The molecule has 1 aromatic carbocycles. The summed E-state index contributed by atoms with van der Waals surface area (Å²) in [4.78, 5) is 12.3. The lowest BCUT2D eigenvalue weighted by Gasteiger charge is -2.22. The molecule has 1 heterocycles. The average molecular weight is 357 g/mol. The predicted octanol–water partition coefficient (Wildman–Crippen LogP) is 3.32. The van der Waals surface area contributed by atoms with Crippen LogP contribution in [0.1, 0.15) is 15.2 Å². The van der Waals surface area contributed by atoms with Crippen LogP contribution < -0.4 is 3.71 Å². The van der Waals surface area contributed by atoms with Crippen LogP contribution in [0.2, 0.25) is 0 Å². The van der Waals surface area contributed by atoms with Gasteiger partial charge < -0.3 is 4.74 Å². The molecule has 22 heavy (non-hydrogen) atoms. The van der Waals surface area contributed by atoms with E-state index in [2.05, 4.69) is 0 Å². The molecule has 2 rings (SSSR count). The topological polar surface area (TPSA) is 63.7 Å². The summed E-state index contributed by atoms with van der Waals surface area (Å²) in [6.45, 7) is 1.74. The van der Waals surface area contributed by atoms with Crippen molar-refractivity contribution in [2.45, 2.75) is 11.8 Å². The van der Waals surface area contributed by atoms with Gasteiger partial charge in [0.05, 0.1) is 17.7 Å². The number of esters is 1. The lowest BCUT2D eigenvalue weighted by Crippen LogP contribution is -2.25. The Hall–Kier alpha value is -1.51. The number of thiophene rings is 1. The molecule has 0 radical (unpaired) electrons.